The molecule has 0 spiro atoms. The number of pyridine rings is 1. The summed E-state index contributed by atoms with van der Waals surface area (Å²) < 4.78 is 0. The van der Waals surface area contributed by atoms with E-state index in [-0.39, 0.29) is 0 Å². The van der Waals surface area contributed by atoms with Gasteiger partial charge in [-0.05, 0) is 85.3 Å². The van der Waals surface area contributed by atoms with Crippen molar-refractivity contribution in [3.05, 3.63) is 146 Å². The predicted octanol–water partition coefficient (Wildman–Crippen LogP) is 9.12. The molecule has 4 nitrogen and oxygen atoms in total. The maximum Gasteiger partial charge on any atom is 0.114 e. The first-order chi connectivity index (χ1) is 20.3. The van der Waals surface area contributed by atoms with Crippen LogP contribution in [-0.2, 0) is 0 Å². The maximum atomic E-state index is 4.89. The number of rotatable bonds is 4. The summed E-state index contributed by atoms with van der Waals surface area (Å²) in [5.74, 6) is 0. The van der Waals surface area contributed by atoms with Crippen molar-refractivity contribution in [2.45, 2.75) is 0 Å². The van der Waals surface area contributed by atoms with Crippen LogP contribution in [0.1, 0.15) is 0 Å². The molecule has 6 aromatic carbocycles. The second-order valence-corrected chi connectivity index (χ2v) is 10.2. The molecule has 0 atom stereocenters. The molecule has 0 aliphatic rings. The van der Waals surface area contributed by atoms with Crippen molar-refractivity contribution in [2.24, 2.45) is 0 Å². The number of benzene rings is 6. The molecule has 0 aliphatic carbocycles. The first-order valence-electron chi connectivity index (χ1n) is 13.7. The minimum atomic E-state index is 0.860. The molecular formula is C37H24N4. The molecule has 0 saturated heterocycles. The zero-order valence-corrected chi connectivity index (χ0v) is 22.1. The van der Waals surface area contributed by atoms with E-state index in [2.05, 4.69) is 120 Å². The Hall–Kier alpha value is -5.61. The van der Waals surface area contributed by atoms with Gasteiger partial charge < -0.3 is 0 Å². The zero-order chi connectivity index (χ0) is 27.2. The fourth-order valence-electron chi connectivity index (χ4n) is 5.86. The van der Waals surface area contributed by atoms with Crippen LogP contribution in [0.25, 0.3) is 71.6 Å². The molecule has 2 heterocycles. The second kappa shape index (κ2) is 9.54. The fourth-order valence-corrected chi connectivity index (χ4v) is 5.86. The molecule has 0 amide bonds. The Labute approximate surface area is 237 Å². The van der Waals surface area contributed by atoms with Crippen molar-refractivity contribution in [1.82, 2.24) is 20.0 Å². The highest BCUT2D eigenvalue weighted by atomic mass is 15.5. The summed E-state index contributed by atoms with van der Waals surface area (Å²) in [4.78, 5) is 5.95. The third kappa shape index (κ3) is 3.97. The Kier molecular flexibility index (Phi) is 5.42. The van der Waals surface area contributed by atoms with E-state index in [4.69, 9.17) is 10.2 Å². The molecule has 2 aromatic heterocycles. The van der Waals surface area contributed by atoms with E-state index in [1.54, 1.807) is 11.0 Å². The first kappa shape index (κ1) is 23.3. The first-order valence-corrected chi connectivity index (χ1v) is 13.7. The lowest BCUT2D eigenvalue weighted by molar-refractivity contribution is 0.766. The molecule has 0 aliphatic heterocycles. The van der Waals surface area contributed by atoms with Gasteiger partial charge in [0.1, 0.15) is 11.0 Å². The maximum absolute atomic E-state index is 4.89. The normalized spacial score (nSPS) is 11.4. The highest BCUT2D eigenvalue weighted by Crippen LogP contribution is 2.43. The zero-order valence-electron chi connectivity index (χ0n) is 22.1. The minimum absolute atomic E-state index is 0.860. The number of nitrogens with zero attached hydrogens (tertiary/aromatic N) is 4. The Balaban J connectivity index is 1.28. The summed E-state index contributed by atoms with van der Waals surface area (Å²) in [6.45, 7) is 0. The number of hydrogen-bond acceptors (Lipinski definition) is 3. The van der Waals surface area contributed by atoms with E-state index >= 15 is 0 Å². The fraction of sp³-hybridized carbons (Fsp3) is 0. The smallest absolute Gasteiger partial charge is 0.114 e. The van der Waals surface area contributed by atoms with Crippen molar-refractivity contribution >= 4 is 32.6 Å². The molecule has 0 unspecified atom stereocenters. The van der Waals surface area contributed by atoms with Crippen LogP contribution in [-0.4, -0.2) is 20.0 Å². The lowest BCUT2D eigenvalue weighted by atomic mass is 9.86. The summed E-state index contributed by atoms with van der Waals surface area (Å²) >= 11 is 0. The summed E-state index contributed by atoms with van der Waals surface area (Å²) in [6, 6.07) is 46.8. The molecule has 0 bridgehead atoms. The molecule has 192 valence electrons. The largest absolute Gasteiger partial charge is 0.264 e. The molecule has 4 heteroatoms. The number of fused-ring (bicyclic) bond motifs is 3. The van der Waals surface area contributed by atoms with Gasteiger partial charge in [-0.1, -0.05) is 103 Å². The Morgan fingerprint density at radius 3 is 1.61 bits per heavy atom. The van der Waals surface area contributed by atoms with Crippen molar-refractivity contribution in [3.8, 4) is 39.1 Å². The molecule has 41 heavy (non-hydrogen) atoms. The van der Waals surface area contributed by atoms with Gasteiger partial charge in [0.05, 0.1) is 5.69 Å². The van der Waals surface area contributed by atoms with Gasteiger partial charge in [0.15, 0.2) is 0 Å². The lowest BCUT2D eigenvalue weighted by Crippen LogP contribution is -1.97. The Morgan fingerprint density at radius 1 is 0.415 bits per heavy atom. The van der Waals surface area contributed by atoms with Crippen molar-refractivity contribution in [3.63, 3.8) is 0 Å². The van der Waals surface area contributed by atoms with Crippen LogP contribution in [0.15, 0.2) is 146 Å². The molecule has 0 saturated carbocycles. The molecule has 8 rings (SSSR count). The van der Waals surface area contributed by atoms with E-state index in [1.165, 1.54) is 38.2 Å². The van der Waals surface area contributed by atoms with Crippen LogP contribution in [0.2, 0.25) is 0 Å². The van der Waals surface area contributed by atoms with Crippen LogP contribution >= 0.6 is 0 Å². The summed E-state index contributed by atoms with van der Waals surface area (Å²) in [7, 11) is 0. The highest BCUT2D eigenvalue weighted by molar-refractivity contribution is 6.21. The topological polar surface area (TPSA) is 43.6 Å². The van der Waals surface area contributed by atoms with Gasteiger partial charge in [-0.15, -0.1) is 10.2 Å². The standard InChI is InChI=1S/C37H24N4/c1-2-9-26(10-3-1)36-30-12-4-6-14-32(30)37(33-15-7-5-13-31(33)36)27-18-21-34-35(23-27)40-41(39-34)29-19-16-25(17-20-29)28-11-8-22-38-24-28/h1-24H. The van der Waals surface area contributed by atoms with Crippen LogP contribution in [0.4, 0.5) is 0 Å². The van der Waals surface area contributed by atoms with Crippen LogP contribution in [0.5, 0.6) is 0 Å². The molecule has 0 radical (unpaired) electrons. The van der Waals surface area contributed by atoms with Crippen LogP contribution in [0, 0.1) is 0 Å². The lowest BCUT2D eigenvalue weighted by Gasteiger charge is -2.17. The Bertz CT molecular complexity index is 2120. The molecular weight excluding hydrogens is 500 g/mol. The van der Waals surface area contributed by atoms with Crippen LogP contribution in [0.3, 0.4) is 0 Å². The summed E-state index contributed by atoms with van der Waals surface area (Å²) in [6.07, 6.45) is 3.66. The van der Waals surface area contributed by atoms with E-state index in [0.717, 1.165) is 33.4 Å². The van der Waals surface area contributed by atoms with Gasteiger partial charge in [-0.2, -0.15) is 4.80 Å². The molecule has 0 N–H and O–H groups in total. The molecule has 0 fully saturated rings. The average molecular weight is 525 g/mol. The van der Waals surface area contributed by atoms with Gasteiger partial charge in [-0.3, -0.25) is 4.98 Å². The monoisotopic (exact) mass is 524 g/mol. The van der Waals surface area contributed by atoms with Crippen molar-refractivity contribution in [1.29, 1.82) is 0 Å². The van der Waals surface area contributed by atoms with E-state index in [1.807, 2.05) is 24.4 Å². The van der Waals surface area contributed by atoms with Gasteiger partial charge in [-0.25, -0.2) is 0 Å². The number of hydrogen-bond donors (Lipinski definition) is 0. The van der Waals surface area contributed by atoms with Gasteiger partial charge >= 0.3 is 0 Å². The highest BCUT2D eigenvalue weighted by Gasteiger charge is 2.17. The van der Waals surface area contributed by atoms with E-state index < -0.39 is 0 Å². The van der Waals surface area contributed by atoms with Crippen molar-refractivity contribution < 1.29 is 0 Å². The van der Waals surface area contributed by atoms with Crippen molar-refractivity contribution in [2.75, 3.05) is 0 Å². The SMILES string of the molecule is c1ccc(-c2c3ccccc3c(-c3ccc4nn(-c5ccc(-c6cccnc6)cc5)nc4c3)c3ccccc23)cc1. The third-order valence-corrected chi connectivity index (χ3v) is 7.76. The van der Waals surface area contributed by atoms with Crippen LogP contribution < -0.4 is 0 Å². The quantitative estimate of drug-likeness (QED) is 0.216. The van der Waals surface area contributed by atoms with E-state index in [9.17, 15) is 0 Å². The Morgan fingerprint density at radius 2 is 0.976 bits per heavy atom. The minimum Gasteiger partial charge on any atom is -0.264 e. The summed E-state index contributed by atoms with van der Waals surface area (Å²) in [5.41, 5.74) is 9.66. The third-order valence-electron chi connectivity index (χ3n) is 7.76. The molecule has 8 aromatic rings. The average Bonchev–Trinajstić information content (AvgIpc) is 3.48. The van der Waals surface area contributed by atoms with Gasteiger partial charge in [0.25, 0.3) is 0 Å². The van der Waals surface area contributed by atoms with Gasteiger partial charge in [0, 0.05) is 12.4 Å². The predicted molar refractivity (Wildman–Crippen MR) is 168 cm³/mol. The second-order valence-electron chi connectivity index (χ2n) is 10.2. The van der Waals surface area contributed by atoms with E-state index in [0.29, 0.717) is 0 Å². The number of aromatic nitrogens is 4. The summed E-state index contributed by atoms with van der Waals surface area (Å²) in [5, 5.41) is 14.6. The van der Waals surface area contributed by atoms with Gasteiger partial charge in [0.2, 0.25) is 0 Å².